The van der Waals surface area contributed by atoms with Crippen LogP contribution in [-0.4, -0.2) is 25.8 Å². The monoisotopic (exact) mass is 315 g/mol. The molecule has 6 heteroatoms. The van der Waals surface area contributed by atoms with Crippen LogP contribution in [0.25, 0.3) is 21.9 Å². The minimum absolute atomic E-state index is 0.205. The molecule has 0 aliphatic heterocycles. The van der Waals surface area contributed by atoms with E-state index in [1.165, 1.54) is 10.9 Å². The molecule has 0 N–H and O–H groups in total. The Hall–Kier alpha value is -3.41. The predicted molar refractivity (Wildman–Crippen MR) is 93.3 cm³/mol. The second kappa shape index (κ2) is 5.66. The van der Waals surface area contributed by atoms with Crippen LogP contribution in [0.15, 0.2) is 64.6 Å². The minimum atomic E-state index is -0.205. The number of aryl methyl sites for hydroxylation is 1. The van der Waals surface area contributed by atoms with Crippen LogP contribution in [0.3, 0.4) is 0 Å². The Morgan fingerprint density at radius 2 is 1.67 bits per heavy atom. The highest BCUT2D eigenvalue weighted by molar-refractivity contribution is 5.82. The Labute approximate surface area is 137 Å². The average molecular weight is 315 g/mol. The van der Waals surface area contributed by atoms with Crippen LogP contribution in [-0.2, 0) is 0 Å². The molecule has 2 aromatic carbocycles. The highest BCUT2D eigenvalue weighted by Crippen LogP contribution is 2.09. The van der Waals surface area contributed by atoms with Crippen molar-refractivity contribution < 1.29 is 0 Å². The van der Waals surface area contributed by atoms with Gasteiger partial charge in [-0.1, -0.05) is 24.3 Å². The molecule has 0 unspecified atom stereocenters. The summed E-state index contributed by atoms with van der Waals surface area (Å²) >= 11 is 0. The van der Waals surface area contributed by atoms with Crippen LogP contribution in [0.5, 0.6) is 0 Å². The fraction of sp³-hybridized carbons (Fsp3) is 0.0556. The van der Waals surface area contributed by atoms with E-state index in [1.807, 2.05) is 42.5 Å². The summed E-state index contributed by atoms with van der Waals surface area (Å²) in [6, 6.07) is 14.8. The zero-order valence-electron chi connectivity index (χ0n) is 12.9. The van der Waals surface area contributed by atoms with E-state index >= 15 is 0 Å². The second-order valence-corrected chi connectivity index (χ2v) is 5.32. The summed E-state index contributed by atoms with van der Waals surface area (Å²) in [5.41, 5.74) is 2.63. The smallest absolute Gasteiger partial charge is 0.267 e. The van der Waals surface area contributed by atoms with E-state index in [-0.39, 0.29) is 5.56 Å². The predicted octanol–water partition coefficient (Wildman–Crippen LogP) is 2.53. The van der Waals surface area contributed by atoms with E-state index < -0.39 is 0 Å². The van der Waals surface area contributed by atoms with Crippen LogP contribution in [0.1, 0.15) is 11.5 Å². The first-order valence-electron chi connectivity index (χ1n) is 7.47. The average Bonchev–Trinajstić information content (AvgIpc) is 2.61. The zero-order valence-corrected chi connectivity index (χ0v) is 12.9. The molecule has 0 aliphatic carbocycles. The molecule has 24 heavy (non-hydrogen) atoms. The van der Waals surface area contributed by atoms with Crippen molar-refractivity contribution in [1.29, 1.82) is 0 Å². The molecule has 0 radical (unpaired) electrons. The van der Waals surface area contributed by atoms with Crippen molar-refractivity contribution in [1.82, 2.24) is 19.6 Å². The molecule has 2 heterocycles. The lowest BCUT2D eigenvalue weighted by Crippen LogP contribution is -2.20. The van der Waals surface area contributed by atoms with Gasteiger partial charge < -0.3 is 0 Å². The lowest BCUT2D eigenvalue weighted by molar-refractivity contribution is 0.770. The van der Waals surface area contributed by atoms with Gasteiger partial charge in [-0.25, -0.2) is 9.97 Å². The first-order valence-corrected chi connectivity index (χ1v) is 7.47. The topological polar surface area (TPSA) is 73.0 Å². The van der Waals surface area contributed by atoms with Gasteiger partial charge >= 0.3 is 0 Å². The lowest BCUT2D eigenvalue weighted by atomic mass is 10.2. The standard InChI is InChI=1S/C18H13N5O/c1-12-21-15-7-3-2-6-14(15)18(24)23(12)20-11-13-10-19-16-8-4-5-9-17(16)22-13/h2-11H,1H3/b20-11-. The number of nitrogens with zero attached hydrogens (tertiary/aromatic N) is 5. The third kappa shape index (κ3) is 2.44. The van der Waals surface area contributed by atoms with Crippen molar-refractivity contribution in [2.45, 2.75) is 6.92 Å². The molecule has 4 aromatic rings. The molecule has 0 saturated carbocycles. The lowest BCUT2D eigenvalue weighted by Gasteiger charge is -2.05. The van der Waals surface area contributed by atoms with Crippen molar-refractivity contribution in [2.24, 2.45) is 5.10 Å². The number of benzene rings is 2. The Bertz CT molecular complexity index is 1150. The van der Waals surface area contributed by atoms with Gasteiger partial charge in [-0.05, 0) is 31.2 Å². The SMILES string of the molecule is Cc1nc2ccccc2c(=O)n1/N=C\c1cnc2ccccc2n1. The van der Waals surface area contributed by atoms with Crippen LogP contribution >= 0.6 is 0 Å². The normalized spacial score (nSPS) is 11.5. The molecule has 0 saturated heterocycles. The number of hydrogen-bond donors (Lipinski definition) is 0. The molecule has 0 aliphatic rings. The second-order valence-electron chi connectivity index (χ2n) is 5.32. The Kier molecular flexibility index (Phi) is 3.35. The maximum Gasteiger partial charge on any atom is 0.282 e. The van der Waals surface area contributed by atoms with E-state index in [9.17, 15) is 4.79 Å². The summed E-state index contributed by atoms with van der Waals surface area (Å²) in [5.74, 6) is 0.517. The van der Waals surface area contributed by atoms with Gasteiger partial charge in [-0.3, -0.25) is 9.78 Å². The third-order valence-electron chi connectivity index (χ3n) is 3.69. The summed E-state index contributed by atoms with van der Waals surface area (Å²) in [6.45, 7) is 1.75. The zero-order chi connectivity index (χ0) is 16.5. The number of hydrogen-bond acceptors (Lipinski definition) is 5. The molecule has 0 fully saturated rings. The van der Waals surface area contributed by atoms with E-state index in [4.69, 9.17) is 0 Å². The first-order chi connectivity index (χ1) is 11.7. The maximum absolute atomic E-state index is 12.6. The molecule has 4 rings (SSSR count). The largest absolute Gasteiger partial charge is 0.282 e. The van der Waals surface area contributed by atoms with Gasteiger partial charge in [0.05, 0.1) is 34.3 Å². The number of rotatable bonds is 2. The molecule has 116 valence electrons. The molecule has 0 amide bonds. The van der Waals surface area contributed by atoms with E-state index in [2.05, 4.69) is 20.1 Å². The molecule has 2 aromatic heterocycles. The van der Waals surface area contributed by atoms with Crippen molar-refractivity contribution >= 4 is 28.2 Å². The third-order valence-corrected chi connectivity index (χ3v) is 3.69. The minimum Gasteiger partial charge on any atom is -0.267 e. The van der Waals surface area contributed by atoms with Crippen LogP contribution in [0.4, 0.5) is 0 Å². The highest BCUT2D eigenvalue weighted by atomic mass is 16.1. The van der Waals surface area contributed by atoms with Crippen LogP contribution in [0, 0.1) is 6.92 Å². The Balaban J connectivity index is 1.80. The van der Waals surface area contributed by atoms with Crippen molar-refractivity contribution in [3.05, 3.63) is 76.6 Å². The van der Waals surface area contributed by atoms with Gasteiger partial charge in [0.15, 0.2) is 0 Å². The van der Waals surface area contributed by atoms with E-state index in [0.29, 0.717) is 22.4 Å². The fourth-order valence-electron chi connectivity index (χ4n) is 2.52. The van der Waals surface area contributed by atoms with Gasteiger partial charge in [0.1, 0.15) is 11.5 Å². The summed E-state index contributed by atoms with van der Waals surface area (Å²) in [6.07, 6.45) is 3.14. The molecule has 6 nitrogen and oxygen atoms in total. The summed E-state index contributed by atoms with van der Waals surface area (Å²) < 4.78 is 1.28. The Morgan fingerprint density at radius 3 is 2.50 bits per heavy atom. The maximum atomic E-state index is 12.6. The van der Waals surface area contributed by atoms with Crippen molar-refractivity contribution in [3.8, 4) is 0 Å². The van der Waals surface area contributed by atoms with Gasteiger partial charge in [-0.15, -0.1) is 0 Å². The molecular weight excluding hydrogens is 302 g/mol. The van der Waals surface area contributed by atoms with Gasteiger partial charge in [-0.2, -0.15) is 9.78 Å². The highest BCUT2D eigenvalue weighted by Gasteiger charge is 2.06. The van der Waals surface area contributed by atoms with Gasteiger partial charge in [0.25, 0.3) is 5.56 Å². The number of aromatic nitrogens is 4. The van der Waals surface area contributed by atoms with Gasteiger partial charge in [0, 0.05) is 0 Å². The quantitative estimate of drug-likeness (QED) is 0.533. The first kappa shape index (κ1) is 14.2. The fourth-order valence-corrected chi connectivity index (χ4v) is 2.52. The van der Waals surface area contributed by atoms with Crippen LogP contribution in [0.2, 0.25) is 0 Å². The number of fused-ring (bicyclic) bond motifs is 2. The summed E-state index contributed by atoms with van der Waals surface area (Å²) in [5, 5.41) is 4.78. The molecule has 0 atom stereocenters. The van der Waals surface area contributed by atoms with Gasteiger partial charge in [0.2, 0.25) is 0 Å². The van der Waals surface area contributed by atoms with E-state index in [1.54, 1.807) is 19.2 Å². The number of para-hydroxylation sites is 3. The van der Waals surface area contributed by atoms with Crippen molar-refractivity contribution in [3.63, 3.8) is 0 Å². The Morgan fingerprint density at radius 1 is 0.958 bits per heavy atom. The van der Waals surface area contributed by atoms with E-state index in [0.717, 1.165) is 11.0 Å². The summed E-state index contributed by atoms with van der Waals surface area (Å²) in [7, 11) is 0. The van der Waals surface area contributed by atoms with Crippen molar-refractivity contribution in [2.75, 3.05) is 0 Å². The summed E-state index contributed by atoms with van der Waals surface area (Å²) in [4.78, 5) is 25.8. The molecule has 0 spiro atoms. The molecule has 0 bridgehead atoms. The molecular formula is C18H13N5O. The van der Waals surface area contributed by atoms with Crippen LogP contribution < -0.4 is 5.56 Å².